The second kappa shape index (κ2) is 3.96. The van der Waals surface area contributed by atoms with Crippen molar-refractivity contribution in [2.75, 3.05) is 6.54 Å². The molecule has 3 nitrogen and oxygen atoms in total. The number of carbonyl (C=O) groups is 1. The summed E-state index contributed by atoms with van der Waals surface area (Å²) in [6, 6.07) is 0.970. The largest absolute Gasteiger partial charge is 0.352 e. The Labute approximate surface area is 110 Å². The van der Waals surface area contributed by atoms with Crippen LogP contribution >= 0.6 is 0 Å². The Kier molecular flexibility index (Phi) is 2.74. The lowest BCUT2D eigenvalue weighted by molar-refractivity contribution is -0.119. The molecule has 0 aromatic carbocycles. The number of hydrogen-bond donors (Lipinski definition) is 2. The molecule has 3 rings (SSSR count). The molecule has 2 aliphatic carbocycles. The van der Waals surface area contributed by atoms with E-state index in [4.69, 9.17) is 0 Å². The molecule has 1 amide bonds. The molecule has 0 radical (unpaired) electrons. The van der Waals surface area contributed by atoms with Crippen molar-refractivity contribution in [2.24, 2.45) is 16.7 Å². The van der Waals surface area contributed by atoms with Gasteiger partial charge in [-0.3, -0.25) is 4.79 Å². The average molecular weight is 250 g/mol. The van der Waals surface area contributed by atoms with Gasteiger partial charge in [-0.15, -0.1) is 0 Å². The van der Waals surface area contributed by atoms with Gasteiger partial charge in [0.05, 0.1) is 0 Å². The van der Waals surface area contributed by atoms with Crippen molar-refractivity contribution in [3.8, 4) is 0 Å². The van der Waals surface area contributed by atoms with E-state index >= 15 is 0 Å². The molecular formula is C15H26N2O. The molecule has 1 saturated heterocycles. The van der Waals surface area contributed by atoms with Crippen LogP contribution in [0.4, 0.5) is 0 Å². The first-order chi connectivity index (χ1) is 8.42. The summed E-state index contributed by atoms with van der Waals surface area (Å²) in [5.74, 6) is 1.11. The second-order valence-electron chi connectivity index (χ2n) is 7.56. The van der Waals surface area contributed by atoms with Gasteiger partial charge in [-0.1, -0.05) is 20.8 Å². The standard InChI is InChI=1S/C15H26N2O/c1-14(2)10-6-7-15(3,8-10)13(14)16-9-11-4-5-12(18)17-11/h10-11,13,16H,4-9H2,1-3H3,(H,17,18)/t10-,11?,13?,15+/m0/s1. The van der Waals surface area contributed by atoms with Crippen LogP contribution in [-0.2, 0) is 4.79 Å². The number of hydrogen-bond acceptors (Lipinski definition) is 2. The van der Waals surface area contributed by atoms with Gasteiger partial charge in [0.2, 0.25) is 5.91 Å². The summed E-state index contributed by atoms with van der Waals surface area (Å²) in [4.78, 5) is 11.2. The number of nitrogens with one attached hydrogen (secondary N) is 2. The fourth-order valence-corrected chi connectivity index (χ4v) is 4.90. The smallest absolute Gasteiger partial charge is 0.220 e. The van der Waals surface area contributed by atoms with Crippen LogP contribution in [0.15, 0.2) is 0 Å². The molecule has 2 saturated carbocycles. The molecule has 3 fully saturated rings. The van der Waals surface area contributed by atoms with Crippen molar-refractivity contribution in [2.45, 2.75) is 65.0 Å². The van der Waals surface area contributed by atoms with Crippen LogP contribution in [0.5, 0.6) is 0 Å². The lowest BCUT2D eigenvalue weighted by Gasteiger charge is -2.43. The molecule has 0 spiro atoms. The van der Waals surface area contributed by atoms with E-state index < -0.39 is 0 Å². The molecule has 3 heteroatoms. The first-order valence-corrected chi connectivity index (χ1v) is 7.44. The Hall–Kier alpha value is -0.570. The van der Waals surface area contributed by atoms with Gasteiger partial charge in [0.15, 0.2) is 0 Å². The Morgan fingerprint density at radius 3 is 2.67 bits per heavy atom. The third kappa shape index (κ3) is 1.78. The van der Waals surface area contributed by atoms with Gasteiger partial charge in [-0.25, -0.2) is 0 Å². The Bertz CT molecular complexity index is 361. The fraction of sp³-hybridized carbons (Fsp3) is 0.933. The van der Waals surface area contributed by atoms with Gasteiger partial charge >= 0.3 is 0 Å². The molecule has 1 heterocycles. The molecule has 102 valence electrons. The van der Waals surface area contributed by atoms with Crippen molar-refractivity contribution in [1.29, 1.82) is 0 Å². The van der Waals surface area contributed by atoms with E-state index in [0.717, 1.165) is 18.9 Å². The van der Waals surface area contributed by atoms with Crippen LogP contribution in [0.2, 0.25) is 0 Å². The number of fused-ring (bicyclic) bond motifs is 2. The van der Waals surface area contributed by atoms with Crippen LogP contribution in [0.25, 0.3) is 0 Å². The molecule has 2 N–H and O–H groups in total. The van der Waals surface area contributed by atoms with Crippen LogP contribution < -0.4 is 10.6 Å². The molecule has 1 aliphatic heterocycles. The van der Waals surface area contributed by atoms with E-state index in [2.05, 4.69) is 31.4 Å². The van der Waals surface area contributed by atoms with E-state index in [0.29, 0.717) is 29.3 Å². The minimum atomic E-state index is 0.222. The second-order valence-corrected chi connectivity index (χ2v) is 7.56. The summed E-state index contributed by atoms with van der Waals surface area (Å²) in [7, 11) is 0. The van der Waals surface area contributed by atoms with E-state index in [1.165, 1.54) is 19.3 Å². The molecule has 3 aliphatic rings. The molecule has 2 bridgehead atoms. The predicted octanol–water partition coefficient (Wildman–Crippen LogP) is 2.07. The molecule has 0 aromatic rings. The molecule has 18 heavy (non-hydrogen) atoms. The van der Waals surface area contributed by atoms with Crippen LogP contribution in [0, 0.1) is 16.7 Å². The highest BCUT2D eigenvalue weighted by Crippen LogP contribution is 2.62. The monoisotopic (exact) mass is 250 g/mol. The maximum atomic E-state index is 11.2. The maximum absolute atomic E-state index is 11.2. The quantitative estimate of drug-likeness (QED) is 0.805. The fourth-order valence-electron chi connectivity index (χ4n) is 4.90. The summed E-state index contributed by atoms with van der Waals surface area (Å²) in [5, 5.41) is 6.85. The minimum absolute atomic E-state index is 0.222. The summed E-state index contributed by atoms with van der Waals surface area (Å²) >= 11 is 0. The first kappa shape index (κ1) is 12.5. The zero-order valence-electron chi connectivity index (χ0n) is 11.9. The van der Waals surface area contributed by atoms with Crippen LogP contribution in [0.1, 0.15) is 52.9 Å². The first-order valence-electron chi connectivity index (χ1n) is 7.44. The Balaban J connectivity index is 1.63. The van der Waals surface area contributed by atoms with Gasteiger partial charge in [-0.2, -0.15) is 0 Å². The predicted molar refractivity (Wildman–Crippen MR) is 72.2 cm³/mol. The van der Waals surface area contributed by atoms with Crippen molar-refractivity contribution in [1.82, 2.24) is 10.6 Å². The zero-order valence-corrected chi connectivity index (χ0v) is 11.9. The van der Waals surface area contributed by atoms with Crippen molar-refractivity contribution >= 4 is 5.91 Å². The van der Waals surface area contributed by atoms with Crippen molar-refractivity contribution < 1.29 is 4.79 Å². The average Bonchev–Trinajstić information content (AvgIpc) is 2.89. The van der Waals surface area contributed by atoms with E-state index in [-0.39, 0.29) is 5.91 Å². The van der Waals surface area contributed by atoms with Gasteiger partial charge in [-0.05, 0) is 42.4 Å². The third-order valence-corrected chi connectivity index (χ3v) is 5.92. The Morgan fingerprint density at radius 1 is 1.33 bits per heavy atom. The number of carbonyl (C=O) groups excluding carboxylic acids is 1. The normalized spacial score (nSPS) is 45.5. The van der Waals surface area contributed by atoms with Gasteiger partial charge < -0.3 is 10.6 Å². The molecule has 4 atom stereocenters. The van der Waals surface area contributed by atoms with Gasteiger partial charge in [0.1, 0.15) is 0 Å². The highest BCUT2D eigenvalue weighted by molar-refractivity contribution is 5.78. The topological polar surface area (TPSA) is 41.1 Å². The number of rotatable bonds is 3. The van der Waals surface area contributed by atoms with E-state index in [9.17, 15) is 4.79 Å². The summed E-state index contributed by atoms with van der Waals surface area (Å²) in [6.45, 7) is 8.24. The van der Waals surface area contributed by atoms with Gasteiger partial charge in [0, 0.05) is 25.0 Å². The SMILES string of the molecule is CC1(C)C(NCC2CCC(=O)N2)[C@]2(C)CC[C@H]1C2. The molecule has 2 unspecified atom stereocenters. The lowest BCUT2D eigenvalue weighted by atomic mass is 9.68. The Morgan fingerprint density at radius 2 is 2.11 bits per heavy atom. The van der Waals surface area contributed by atoms with Crippen LogP contribution in [0.3, 0.4) is 0 Å². The minimum Gasteiger partial charge on any atom is -0.352 e. The number of amides is 1. The highest BCUT2D eigenvalue weighted by atomic mass is 16.1. The third-order valence-electron chi connectivity index (χ3n) is 5.92. The van der Waals surface area contributed by atoms with E-state index in [1.807, 2.05) is 0 Å². The summed E-state index contributed by atoms with van der Waals surface area (Å²) in [6.07, 6.45) is 5.87. The molecule has 0 aromatic heterocycles. The van der Waals surface area contributed by atoms with Crippen molar-refractivity contribution in [3.05, 3.63) is 0 Å². The maximum Gasteiger partial charge on any atom is 0.220 e. The van der Waals surface area contributed by atoms with Crippen LogP contribution in [-0.4, -0.2) is 24.5 Å². The van der Waals surface area contributed by atoms with Gasteiger partial charge in [0.25, 0.3) is 0 Å². The zero-order chi connectivity index (χ0) is 13.0. The van der Waals surface area contributed by atoms with E-state index in [1.54, 1.807) is 0 Å². The molecular weight excluding hydrogens is 224 g/mol. The summed E-state index contributed by atoms with van der Waals surface area (Å²) < 4.78 is 0. The summed E-state index contributed by atoms with van der Waals surface area (Å²) in [5.41, 5.74) is 0.895. The lowest BCUT2D eigenvalue weighted by Crippen LogP contribution is -2.53. The highest BCUT2D eigenvalue weighted by Gasteiger charge is 2.58. The van der Waals surface area contributed by atoms with Crippen molar-refractivity contribution in [3.63, 3.8) is 0 Å².